The first kappa shape index (κ1) is 14.3. The Morgan fingerprint density at radius 2 is 2.22 bits per heavy atom. The number of nitrogens with zero attached hydrogens (tertiary/aromatic N) is 2. The second-order valence-corrected chi connectivity index (χ2v) is 7.68. The summed E-state index contributed by atoms with van der Waals surface area (Å²) in [5.41, 5.74) is 2.44. The highest BCUT2D eigenvalue weighted by Gasteiger charge is 2.30. The molecule has 18 heavy (non-hydrogen) atoms. The summed E-state index contributed by atoms with van der Waals surface area (Å²) in [4.78, 5) is 0. The molecule has 0 bridgehead atoms. The molecule has 1 fully saturated rings. The van der Waals surface area contributed by atoms with Gasteiger partial charge in [0, 0.05) is 47.2 Å². The normalized spacial score (nSPS) is 26.2. The molecule has 102 valence electrons. The molecule has 2 heterocycles. The fourth-order valence-electron chi connectivity index (χ4n) is 2.55. The number of aromatic nitrogens is 2. The molecule has 1 saturated heterocycles. The summed E-state index contributed by atoms with van der Waals surface area (Å²) in [6, 6.07) is 2.74. The zero-order valence-corrected chi connectivity index (χ0v) is 13.3. The molecule has 5 heteroatoms. The minimum atomic E-state index is 0.535. The molecule has 0 aromatic carbocycles. The van der Waals surface area contributed by atoms with Gasteiger partial charge >= 0.3 is 0 Å². The molecule has 3 unspecified atom stereocenters. The summed E-state index contributed by atoms with van der Waals surface area (Å²) in [5.74, 6) is 2.58. The van der Waals surface area contributed by atoms with Crippen LogP contribution in [0.4, 0.5) is 0 Å². The van der Waals surface area contributed by atoms with Crippen molar-refractivity contribution in [2.24, 2.45) is 7.05 Å². The van der Waals surface area contributed by atoms with Gasteiger partial charge in [0.2, 0.25) is 0 Å². The zero-order valence-electron chi connectivity index (χ0n) is 11.6. The standard InChI is InChI=1S/C13H23N3S2/c1-9-7-11(16(4)15-9)8-12(14-3)13-10(2)17-5-6-18-13/h7,10,12-14H,5-6,8H2,1-4H3. The van der Waals surface area contributed by atoms with E-state index >= 15 is 0 Å². The fourth-order valence-corrected chi connectivity index (χ4v) is 5.56. The van der Waals surface area contributed by atoms with Crippen molar-refractivity contribution in [1.82, 2.24) is 15.1 Å². The lowest BCUT2D eigenvalue weighted by atomic mass is 10.1. The van der Waals surface area contributed by atoms with E-state index in [1.807, 2.05) is 11.7 Å². The molecule has 1 N–H and O–H groups in total. The predicted molar refractivity (Wildman–Crippen MR) is 82.7 cm³/mol. The summed E-state index contributed by atoms with van der Waals surface area (Å²) in [5, 5.41) is 9.38. The SMILES string of the molecule is CNC(Cc1cc(C)nn1C)C1SCCSC1C. The number of rotatable bonds is 4. The Morgan fingerprint density at radius 1 is 1.50 bits per heavy atom. The van der Waals surface area contributed by atoms with Gasteiger partial charge in [-0.05, 0) is 20.0 Å². The summed E-state index contributed by atoms with van der Waals surface area (Å²) >= 11 is 4.23. The number of nitrogens with one attached hydrogen (secondary N) is 1. The van der Waals surface area contributed by atoms with Gasteiger partial charge in [-0.3, -0.25) is 4.68 Å². The molecular formula is C13H23N3S2. The van der Waals surface area contributed by atoms with Gasteiger partial charge in [0.15, 0.2) is 0 Å². The second kappa shape index (κ2) is 6.35. The van der Waals surface area contributed by atoms with Crippen molar-refractivity contribution in [3.8, 4) is 0 Å². The van der Waals surface area contributed by atoms with Crippen LogP contribution >= 0.6 is 23.5 Å². The Labute approximate surface area is 118 Å². The van der Waals surface area contributed by atoms with Crippen molar-refractivity contribution in [3.63, 3.8) is 0 Å². The average molecular weight is 285 g/mol. The van der Waals surface area contributed by atoms with Crippen molar-refractivity contribution >= 4 is 23.5 Å². The van der Waals surface area contributed by atoms with E-state index in [1.165, 1.54) is 17.2 Å². The van der Waals surface area contributed by atoms with Crippen molar-refractivity contribution in [1.29, 1.82) is 0 Å². The monoisotopic (exact) mass is 285 g/mol. The third-order valence-corrected chi connectivity index (χ3v) is 6.78. The molecule has 3 atom stereocenters. The lowest BCUT2D eigenvalue weighted by molar-refractivity contribution is 0.512. The summed E-state index contributed by atoms with van der Waals surface area (Å²) < 4.78 is 2.02. The van der Waals surface area contributed by atoms with Crippen LogP contribution in [-0.4, -0.2) is 44.9 Å². The van der Waals surface area contributed by atoms with E-state index in [0.717, 1.165) is 17.4 Å². The zero-order chi connectivity index (χ0) is 13.1. The van der Waals surface area contributed by atoms with Crippen LogP contribution in [0, 0.1) is 6.92 Å². The molecule has 1 aromatic heterocycles. The first-order valence-corrected chi connectivity index (χ1v) is 8.61. The van der Waals surface area contributed by atoms with Gasteiger partial charge in [0.1, 0.15) is 0 Å². The maximum absolute atomic E-state index is 4.44. The minimum Gasteiger partial charge on any atom is -0.315 e. The van der Waals surface area contributed by atoms with E-state index in [-0.39, 0.29) is 0 Å². The van der Waals surface area contributed by atoms with Crippen molar-refractivity contribution in [2.75, 3.05) is 18.6 Å². The maximum Gasteiger partial charge on any atom is 0.0596 e. The van der Waals surface area contributed by atoms with Crippen LogP contribution in [0.1, 0.15) is 18.3 Å². The van der Waals surface area contributed by atoms with Crippen molar-refractivity contribution in [2.45, 2.75) is 36.8 Å². The van der Waals surface area contributed by atoms with Crippen LogP contribution in [0.5, 0.6) is 0 Å². The quantitative estimate of drug-likeness (QED) is 0.917. The fraction of sp³-hybridized carbons (Fsp3) is 0.769. The number of hydrogen-bond donors (Lipinski definition) is 1. The third-order valence-electron chi connectivity index (χ3n) is 3.53. The van der Waals surface area contributed by atoms with E-state index in [1.54, 1.807) is 0 Å². The Bertz CT molecular complexity index is 392. The smallest absolute Gasteiger partial charge is 0.0596 e. The Hall–Kier alpha value is -0.130. The maximum atomic E-state index is 4.44. The van der Waals surface area contributed by atoms with Crippen LogP contribution in [0.15, 0.2) is 6.07 Å². The Morgan fingerprint density at radius 3 is 2.78 bits per heavy atom. The summed E-state index contributed by atoms with van der Waals surface area (Å²) in [7, 11) is 4.13. The first-order valence-electron chi connectivity index (χ1n) is 6.52. The largest absolute Gasteiger partial charge is 0.315 e. The molecule has 0 aliphatic carbocycles. The predicted octanol–water partition coefficient (Wildman–Crippen LogP) is 2.10. The molecule has 1 aliphatic rings. The van der Waals surface area contributed by atoms with Gasteiger partial charge in [-0.1, -0.05) is 6.92 Å². The van der Waals surface area contributed by atoms with E-state index in [2.05, 4.69) is 60.9 Å². The third kappa shape index (κ3) is 3.25. The summed E-state index contributed by atoms with van der Waals surface area (Å²) in [6.07, 6.45) is 1.07. The van der Waals surface area contributed by atoms with Gasteiger partial charge in [0.25, 0.3) is 0 Å². The molecule has 1 aliphatic heterocycles. The van der Waals surface area contributed by atoms with Crippen LogP contribution < -0.4 is 5.32 Å². The minimum absolute atomic E-state index is 0.535. The lowest BCUT2D eigenvalue weighted by Crippen LogP contribution is -2.44. The van der Waals surface area contributed by atoms with Gasteiger partial charge in [-0.2, -0.15) is 28.6 Å². The van der Waals surface area contributed by atoms with Gasteiger partial charge < -0.3 is 5.32 Å². The molecule has 1 aromatic rings. The van der Waals surface area contributed by atoms with Crippen LogP contribution in [-0.2, 0) is 13.5 Å². The van der Waals surface area contributed by atoms with E-state index in [0.29, 0.717) is 11.3 Å². The highest BCUT2D eigenvalue weighted by molar-refractivity contribution is 8.07. The molecule has 0 saturated carbocycles. The highest BCUT2D eigenvalue weighted by Crippen LogP contribution is 2.33. The van der Waals surface area contributed by atoms with Crippen LogP contribution in [0.3, 0.4) is 0 Å². The number of likely N-dealkylation sites (N-methyl/N-ethyl adjacent to an activating group) is 1. The second-order valence-electron chi connectivity index (χ2n) is 4.91. The van der Waals surface area contributed by atoms with E-state index in [4.69, 9.17) is 0 Å². The molecular weight excluding hydrogens is 262 g/mol. The van der Waals surface area contributed by atoms with Crippen LogP contribution in [0.2, 0.25) is 0 Å². The highest BCUT2D eigenvalue weighted by atomic mass is 32.2. The lowest BCUT2D eigenvalue weighted by Gasteiger charge is -2.34. The van der Waals surface area contributed by atoms with Crippen molar-refractivity contribution in [3.05, 3.63) is 17.5 Å². The van der Waals surface area contributed by atoms with Gasteiger partial charge in [0.05, 0.1) is 5.69 Å². The van der Waals surface area contributed by atoms with Gasteiger partial charge in [-0.15, -0.1) is 0 Å². The molecule has 0 spiro atoms. The number of hydrogen-bond acceptors (Lipinski definition) is 4. The molecule has 3 nitrogen and oxygen atoms in total. The van der Waals surface area contributed by atoms with E-state index < -0.39 is 0 Å². The topological polar surface area (TPSA) is 29.9 Å². The molecule has 0 radical (unpaired) electrons. The number of aryl methyl sites for hydroxylation is 2. The first-order chi connectivity index (χ1) is 8.61. The van der Waals surface area contributed by atoms with Gasteiger partial charge in [-0.25, -0.2) is 0 Å². The molecule has 2 rings (SSSR count). The molecule has 0 amide bonds. The Balaban J connectivity index is 2.06. The summed E-state index contributed by atoms with van der Waals surface area (Å²) in [6.45, 7) is 4.42. The number of thioether (sulfide) groups is 2. The van der Waals surface area contributed by atoms with Crippen molar-refractivity contribution < 1.29 is 0 Å². The average Bonchev–Trinajstić information content (AvgIpc) is 2.66. The van der Waals surface area contributed by atoms with Crippen LogP contribution in [0.25, 0.3) is 0 Å². The van der Waals surface area contributed by atoms with E-state index in [9.17, 15) is 0 Å². The Kier molecular flexibility index (Phi) is 5.04.